The largest absolute Gasteiger partial charge is 0.355 e. The Bertz CT molecular complexity index is 515. The molecule has 0 aromatic heterocycles. The Labute approximate surface area is 176 Å². The van der Waals surface area contributed by atoms with Gasteiger partial charge in [-0.25, -0.2) is 8.42 Å². The predicted molar refractivity (Wildman–Crippen MR) is 119 cm³/mol. The number of sulfone groups is 1. The predicted octanol–water partition coefficient (Wildman–Crippen LogP) is 0.764. The Hall–Kier alpha value is -0.130. The molecule has 0 aliphatic carbocycles. The van der Waals surface area contributed by atoms with Crippen LogP contribution in [0.25, 0.3) is 0 Å². The maximum Gasteiger partial charge on any atom is 0.191 e. The summed E-state index contributed by atoms with van der Waals surface area (Å²) in [6, 6.07) is 0.737. The molecule has 2 aliphatic rings. The van der Waals surface area contributed by atoms with Gasteiger partial charge in [-0.2, -0.15) is 0 Å². The molecule has 1 atom stereocenters. The summed E-state index contributed by atoms with van der Waals surface area (Å²) in [5.41, 5.74) is 0. The lowest BCUT2D eigenvalue weighted by molar-refractivity contribution is 0.147. The summed E-state index contributed by atoms with van der Waals surface area (Å²) in [6.45, 7) is 8.36. The molecule has 0 radical (unpaired) electrons. The molecule has 0 aromatic rings. The fourth-order valence-corrected chi connectivity index (χ4v) is 4.94. The van der Waals surface area contributed by atoms with Gasteiger partial charge in [0, 0.05) is 52.4 Å². The topological polar surface area (TPSA) is 77.0 Å². The van der Waals surface area contributed by atoms with Gasteiger partial charge in [0.1, 0.15) is 0 Å². The van der Waals surface area contributed by atoms with E-state index < -0.39 is 9.84 Å². The van der Waals surface area contributed by atoms with Crippen LogP contribution in [0.3, 0.4) is 0 Å². The van der Waals surface area contributed by atoms with Crippen molar-refractivity contribution in [1.29, 1.82) is 0 Å². The third-order valence-corrected chi connectivity index (χ3v) is 6.90. The smallest absolute Gasteiger partial charge is 0.191 e. The molecule has 9 heteroatoms. The number of nitrogens with one attached hydrogen (secondary N) is 2. The van der Waals surface area contributed by atoms with Crippen molar-refractivity contribution in [3.63, 3.8) is 0 Å². The van der Waals surface area contributed by atoms with Gasteiger partial charge in [0.05, 0.1) is 11.5 Å². The lowest BCUT2D eigenvalue weighted by Gasteiger charge is -2.35. The van der Waals surface area contributed by atoms with Crippen LogP contribution in [0.1, 0.15) is 32.6 Å². The zero-order chi connectivity index (χ0) is 18.1. The molecule has 0 amide bonds. The van der Waals surface area contributed by atoms with E-state index in [2.05, 4.69) is 32.3 Å². The summed E-state index contributed by atoms with van der Waals surface area (Å²) in [7, 11) is -1.00. The average Bonchev–Trinajstić information content (AvgIpc) is 2.62. The third kappa shape index (κ3) is 8.26. The van der Waals surface area contributed by atoms with Gasteiger partial charge < -0.3 is 10.6 Å². The van der Waals surface area contributed by atoms with Crippen molar-refractivity contribution in [2.45, 2.75) is 38.6 Å². The van der Waals surface area contributed by atoms with Crippen LogP contribution >= 0.6 is 24.0 Å². The molecule has 7 nitrogen and oxygen atoms in total. The summed E-state index contributed by atoms with van der Waals surface area (Å²) >= 11 is 0. The fourth-order valence-electron chi connectivity index (χ4n) is 3.66. The Morgan fingerprint density at radius 1 is 1.08 bits per heavy atom. The summed E-state index contributed by atoms with van der Waals surface area (Å²) in [5.74, 6) is 1.40. The molecule has 0 bridgehead atoms. The van der Waals surface area contributed by atoms with Crippen molar-refractivity contribution in [1.82, 2.24) is 20.4 Å². The summed E-state index contributed by atoms with van der Waals surface area (Å²) in [5, 5.41) is 6.72. The van der Waals surface area contributed by atoms with E-state index in [-0.39, 0.29) is 35.5 Å². The molecule has 2 saturated heterocycles. The second-order valence-corrected chi connectivity index (χ2v) is 9.32. The molecule has 0 spiro atoms. The Kier molecular flexibility index (Phi) is 11.4. The monoisotopic (exact) mass is 501 g/mol. The minimum atomic E-state index is -2.79. The van der Waals surface area contributed by atoms with Crippen LogP contribution in [-0.4, -0.2) is 94.6 Å². The summed E-state index contributed by atoms with van der Waals surface area (Å²) < 4.78 is 22.9. The van der Waals surface area contributed by atoms with Crippen LogP contribution in [0.2, 0.25) is 0 Å². The van der Waals surface area contributed by atoms with E-state index in [1.54, 1.807) is 7.05 Å². The number of guanidine groups is 1. The molecule has 2 fully saturated rings. The first-order chi connectivity index (χ1) is 12.0. The van der Waals surface area contributed by atoms with Gasteiger partial charge in [0.25, 0.3) is 0 Å². The van der Waals surface area contributed by atoms with Crippen LogP contribution < -0.4 is 10.6 Å². The zero-order valence-electron chi connectivity index (χ0n) is 16.2. The van der Waals surface area contributed by atoms with E-state index in [9.17, 15) is 8.42 Å². The van der Waals surface area contributed by atoms with Crippen molar-refractivity contribution in [3.05, 3.63) is 0 Å². The van der Waals surface area contributed by atoms with Gasteiger partial charge in [-0.1, -0.05) is 13.3 Å². The second-order valence-electron chi connectivity index (χ2n) is 7.01. The van der Waals surface area contributed by atoms with E-state index in [0.29, 0.717) is 13.1 Å². The SMILES string of the molecule is CCC1CCCCN1CCNC(=NC)NCCN1CCS(=O)(=O)CC1.I. The Morgan fingerprint density at radius 3 is 2.35 bits per heavy atom. The highest BCUT2D eigenvalue weighted by atomic mass is 127. The molecule has 0 aromatic carbocycles. The van der Waals surface area contributed by atoms with Crippen molar-refractivity contribution >= 4 is 39.8 Å². The van der Waals surface area contributed by atoms with Crippen LogP contribution in [-0.2, 0) is 9.84 Å². The van der Waals surface area contributed by atoms with E-state index in [4.69, 9.17) is 0 Å². The van der Waals surface area contributed by atoms with E-state index >= 15 is 0 Å². The van der Waals surface area contributed by atoms with Crippen LogP contribution in [0.5, 0.6) is 0 Å². The van der Waals surface area contributed by atoms with Gasteiger partial charge in [0.15, 0.2) is 15.8 Å². The molecule has 0 saturated carbocycles. The number of hydrogen-bond acceptors (Lipinski definition) is 5. The maximum atomic E-state index is 11.4. The minimum Gasteiger partial charge on any atom is -0.355 e. The van der Waals surface area contributed by atoms with Crippen LogP contribution in [0.4, 0.5) is 0 Å². The first-order valence-corrected chi connectivity index (χ1v) is 11.5. The normalized spacial score (nSPS) is 24.7. The van der Waals surface area contributed by atoms with Gasteiger partial charge in [-0.3, -0.25) is 14.8 Å². The quantitative estimate of drug-likeness (QED) is 0.305. The van der Waals surface area contributed by atoms with Crippen molar-refractivity contribution in [2.24, 2.45) is 4.99 Å². The number of piperidine rings is 1. The van der Waals surface area contributed by atoms with Crippen LogP contribution in [0, 0.1) is 0 Å². The second kappa shape index (κ2) is 12.4. The van der Waals surface area contributed by atoms with Gasteiger partial charge in [-0.05, 0) is 25.8 Å². The highest BCUT2D eigenvalue weighted by molar-refractivity contribution is 14.0. The number of likely N-dealkylation sites (tertiary alicyclic amines) is 1. The number of nitrogens with zero attached hydrogens (tertiary/aromatic N) is 3. The Morgan fingerprint density at radius 2 is 1.73 bits per heavy atom. The lowest BCUT2D eigenvalue weighted by Crippen LogP contribution is -2.48. The maximum absolute atomic E-state index is 11.4. The molecule has 26 heavy (non-hydrogen) atoms. The number of halogens is 1. The molecular weight excluding hydrogens is 465 g/mol. The standard InChI is InChI=1S/C17H35N5O2S.HI/c1-3-16-6-4-5-9-22(16)11-8-20-17(18-2)19-7-10-21-12-14-25(23,24)15-13-21;/h16H,3-15H2,1-2H3,(H2,18,19,20);1H. The van der Waals surface area contributed by atoms with E-state index in [1.165, 1.54) is 32.2 Å². The van der Waals surface area contributed by atoms with Crippen LogP contribution in [0.15, 0.2) is 4.99 Å². The summed E-state index contributed by atoms with van der Waals surface area (Å²) in [6.07, 6.45) is 5.24. The van der Waals surface area contributed by atoms with Crippen molar-refractivity contribution in [3.8, 4) is 0 Å². The number of rotatable bonds is 7. The molecular formula is C17H36IN5O2S. The van der Waals surface area contributed by atoms with Crippen molar-refractivity contribution < 1.29 is 8.42 Å². The molecule has 2 rings (SSSR count). The average molecular weight is 501 g/mol. The molecule has 2 N–H and O–H groups in total. The van der Waals surface area contributed by atoms with Gasteiger partial charge in [-0.15, -0.1) is 24.0 Å². The summed E-state index contributed by atoms with van der Waals surface area (Å²) in [4.78, 5) is 9.07. The number of hydrogen-bond donors (Lipinski definition) is 2. The van der Waals surface area contributed by atoms with Gasteiger partial charge >= 0.3 is 0 Å². The Balaban J connectivity index is 0.00000338. The molecule has 2 aliphatic heterocycles. The lowest BCUT2D eigenvalue weighted by atomic mass is 10.0. The fraction of sp³-hybridized carbons (Fsp3) is 0.941. The third-order valence-electron chi connectivity index (χ3n) is 5.29. The molecule has 2 heterocycles. The van der Waals surface area contributed by atoms with Gasteiger partial charge in [0.2, 0.25) is 0 Å². The molecule has 154 valence electrons. The highest BCUT2D eigenvalue weighted by Gasteiger charge is 2.21. The van der Waals surface area contributed by atoms with E-state index in [1.807, 2.05) is 0 Å². The van der Waals surface area contributed by atoms with Crippen molar-refractivity contribution in [2.75, 3.05) is 64.4 Å². The first kappa shape index (κ1) is 23.9. The minimum absolute atomic E-state index is 0. The first-order valence-electron chi connectivity index (χ1n) is 9.65. The van der Waals surface area contributed by atoms with E-state index in [0.717, 1.165) is 38.2 Å². The zero-order valence-corrected chi connectivity index (χ0v) is 19.4. The number of aliphatic imine (C=N–C) groups is 1. The molecule has 1 unspecified atom stereocenters. The highest BCUT2D eigenvalue weighted by Crippen LogP contribution is 2.18.